The molecule has 1 aromatic rings. The van der Waals surface area contributed by atoms with Crippen LogP contribution in [0.3, 0.4) is 0 Å². The third-order valence-corrected chi connectivity index (χ3v) is 2.31. The molecule has 2 unspecified atom stereocenters. The third kappa shape index (κ3) is 2.57. The molecule has 0 saturated carbocycles. The summed E-state index contributed by atoms with van der Waals surface area (Å²) in [7, 11) is 0. The normalized spacial score (nSPS) is 15.4. The largest absolute Gasteiger partial charge is 0.389 e. The first-order valence-electron chi connectivity index (χ1n) is 3.74. The Kier molecular flexibility index (Phi) is 3.99. The molecule has 1 aromatic heterocycles. The van der Waals surface area contributed by atoms with E-state index in [0.717, 1.165) is 0 Å². The third-order valence-electron chi connectivity index (χ3n) is 1.62. The first-order chi connectivity index (χ1) is 6.16. The molecule has 3 nitrogen and oxygen atoms in total. The first kappa shape index (κ1) is 10.8. The van der Waals surface area contributed by atoms with Crippen molar-refractivity contribution in [1.82, 2.24) is 4.98 Å². The molecule has 2 atom stereocenters. The van der Waals surface area contributed by atoms with Crippen molar-refractivity contribution in [2.24, 2.45) is 0 Å². The number of hydrogen-bond acceptors (Lipinski definition) is 4. The van der Waals surface area contributed by atoms with Crippen LogP contribution in [-0.2, 0) is 0 Å². The van der Waals surface area contributed by atoms with Gasteiger partial charge in [0, 0.05) is 11.9 Å². The molecule has 0 bridgehead atoms. The predicted molar refractivity (Wildman–Crippen MR) is 54.1 cm³/mol. The maximum Gasteiger partial charge on any atom is 0.124 e. The van der Waals surface area contributed by atoms with E-state index in [2.05, 4.69) is 17.6 Å². The lowest BCUT2D eigenvalue weighted by molar-refractivity contribution is 0.0311. The van der Waals surface area contributed by atoms with Gasteiger partial charge in [0.1, 0.15) is 6.10 Å². The molecule has 0 saturated heterocycles. The molecule has 0 spiro atoms. The van der Waals surface area contributed by atoms with Gasteiger partial charge in [0.05, 0.1) is 16.8 Å². The monoisotopic (exact) mass is 219 g/mol. The van der Waals surface area contributed by atoms with Gasteiger partial charge in [-0.3, -0.25) is 4.98 Å². The van der Waals surface area contributed by atoms with Gasteiger partial charge in [0.2, 0.25) is 0 Å². The Morgan fingerprint density at radius 1 is 1.54 bits per heavy atom. The van der Waals surface area contributed by atoms with E-state index < -0.39 is 12.2 Å². The van der Waals surface area contributed by atoms with Crippen molar-refractivity contribution in [3.8, 4) is 0 Å². The number of nitrogens with zero attached hydrogens (tertiary/aromatic N) is 1. The number of aromatic nitrogens is 1. The second-order valence-electron chi connectivity index (χ2n) is 2.57. The fourth-order valence-corrected chi connectivity index (χ4v) is 1.33. The summed E-state index contributed by atoms with van der Waals surface area (Å²) >= 11 is 9.62. The van der Waals surface area contributed by atoms with Crippen molar-refractivity contribution >= 4 is 24.2 Å². The average molecular weight is 220 g/mol. The number of thiol groups is 1. The van der Waals surface area contributed by atoms with E-state index in [1.807, 2.05) is 0 Å². The van der Waals surface area contributed by atoms with Crippen LogP contribution in [0.5, 0.6) is 0 Å². The molecule has 0 aliphatic heterocycles. The molecule has 2 N–H and O–H groups in total. The van der Waals surface area contributed by atoms with Crippen LogP contribution >= 0.6 is 24.2 Å². The van der Waals surface area contributed by atoms with Gasteiger partial charge in [-0.2, -0.15) is 12.6 Å². The Morgan fingerprint density at radius 2 is 2.23 bits per heavy atom. The lowest BCUT2D eigenvalue weighted by atomic mass is 10.1. The maximum atomic E-state index is 9.52. The molecule has 0 amide bonds. The minimum atomic E-state index is -1.08. The van der Waals surface area contributed by atoms with E-state index in [1.54, 1.807) is 12.1 Å². The van der Waals surface area contributed by atoms with E-state index in [9.17, 15) is 10.2 Å². The highest BCUT2D eigenvalue weighted by Crippen LogP contribution is 2.22. The van der Waals surface area contributed by atoms with Crippen LogP contribution in [-0.4, -0.2) is 27.1 Å². The molecular formula is C8H10ClNO2S. The molecule has 5 heteroatoms. The van der Waals surface area contributed by atoms with Crippen molar-refractivity contribution < 1.29 is 10.2 Å². The Balaban J connectivity index is 2.88. The Labute approximate surface area is 86.8 Å². The van der Waals surface area contributed by atoms with Gasteiger partial charge in [-0.15, -0.1) is 0 Å². The van der Waals surface area contributed by atoms with Gasteiger partial charge in [0.25, 0.3) is 0 Å². The zero-order chi connectivity index (χ0) is 9.84. The van der Waals surface area contributed by atoms with Crippen LogP contribution in [0.4, 0.5) is 0 Å². The fraction of sp³-hybridized carbons (Fsp3) is 0.375. The Hall–Kier alpha value is -0.290. The minimum absolute atomic E-state index is 0.161. The number of aliphatic hydroxyl groups excluding tert-OH is 2. The smallest absolute Gasteiger partial charge is 0.124 e. The molecular weight excluding hydrogens is 210 g/mol. The van der Waals surface area contributed by atoms with E-state index in [-0.39, 0.29) is 11.4 Å². The van der Waals surface area contributed by atoms with Crippen molar-refractivity contribution in [2.75, 3.05) is 5.75 Å². The molecule has 1 rings (SSSR count). The van der Waals surface area contributed by atoms with Crippen molar-refractivity contribution in [2.45, 2.75) is 12.2 Å². The maximum absolute atomic E-state index is 9.52. The van der Waals surface area contributed by atoms with Crippen LogP contribution in [0, 0.1) is 0 Å². The fourth-order valence-electron chi connectivity index (χ4n) is 0.898. The molecule has 0 radical (unpaired) electrons. The lowest BCUT2D eigenvalue weighted by Crippen LogP contribution is -2.20. The second kappa shape index (κ2) is 4.81. The molecule has 0 aliphatic carbocycles. The van der Waals surface area contributed by atoms with Crippen LogP contribution < -0.4 is 0 Å². The first-order valence-corrected chi connectivity index (χ1v) is 4.75. The van der Waals surface area contributed by atoms with Gasteiger partial charge < -0.3 is 10.2 Å². The van der Waals surface area contributed by atoms with Gasteiger partial charge in [0.15, 0.2) is 0 Å². The van der Waals surface area contributed by atoms with Crippen molar-refractivity contribution in [3.63, 3.8) is 0 Å². The zero-order valence-corrected chi connectivity index (χ0v) is 8.41. The quantitative estimate of drug-likeness (QED) is 0.667. The predicted octanol–water partition coefficient (Wildman–Crippen LogP) is 1.06. The standard InChI is InChI=1S/C8H10ClNO2S/c9-5-2-1-3-10-7(5)8(12)6(11)4-13/h1-3,6,8,11-13H,4H2. The van der Waals surface area contributed by atoms with E-state index in [1.165, 1.54) is 6.20 Å². The summed E-state index contributed by atoms with van der Waals surface area (Å²) in [5, 5.41) is 19.1. The summed E-state index contributed by atoms with van der Waals surface area (Å²) in [6.07, 6.45) is -0.516. The summed E-state index contributed by atoms with van der Waals surface area (Å²) in [6, 6.07) is 3.27. The second-order valence-corrected chi connectivity index (χ2v) is 3.34. The SMILES string of the molecule is OC(CS)C(O)c1ncccc1Cl. The van der Waals surface area contributed by atoms with Crippen molar-refractivity contribution in [1.29, 1.82) is 0 Å². The molecule has 1 heterocycles. The molecule has 72 valence electrons. The van der Waals surface area contributed by atoms with Crippen molar-refractivity contribution in [3.05, 3.63) is 29.0 Å². The summed E-state index contributed by atoms with van der Waals surface area (Å²) in [6.45, 7) is 0. The number of hydrogen-bond donors (Lipinski definition) is 3. The van der Waals surface area contributed by atoms with Gasteiger partial charge >= 0.3 is 0 Å². The van der Waals surface area contributed by atoms with Gasteiger partial charge in [-0.1, -0.05) is 11.6 Å². The van der Waals surface area contributed by atoms with E-state index >= 15 is 0 Å². The summed E-state index contributed by atoms with van der Waals surface area (Å²) < 4.78 is 0. The number of aliphatic hydroxyl groups is 2. The molecule has 0 aromatic carbocycles. The van der Waals surface area contributed by atoms with Gasteiger partial charge in [-0.05, 0) is 12.1 Å². The summed E-state index contributed by atoms with van der Waals surface area (Å²) in [4.78, 5) is 3.87. The molecule has 0 aliphatic rings. The molecule has 0 fully saturated rings. The Bertz CT molecular complexity index is 285. The highest BCUT2D eigenvalue weighted by molar-refractivity contribution is 7.80. The van der Waals surface area contributed by atoms with Crippen LogP contribution in [0.1, 0.15) is 11.8 Å². The number of rotatable bonds is 3. The zero-order valence-electron chi connectivity index (χ0n) is 6.76. The average Bonchev–Trinajstić information content (AvgIpc) is 2.16. The van der Waals surface area contributed by atoms with Gasteiger partial charge in [-0.25, -0.2) is 0 Å². The van der Waals surface area contributed by atoms with E-state index in [0.29, 0.717) is 5.02 Å². The summed E-state index contributed by atoms with van der Waals surface area (Å²) in [5.41, 5.74) is 0.283. The minimum Gasteiger partial charge on any atom is -0.389 e. The lowest BCUT2D eigenvalue weighted by Gasteiger charge is -2.15. The number of pyridine rings is 1. The Morgan fingerprint density at radius 3 is 2.77 bits per heavy atom. The van der Waals surface area contributed by atoms with E-state index in [4.69, 9.17) is 11.6 Å². The van der Waals surface area contributed by atoms with Crippen LogP contribution in [0.25, 0.3) is 0 Å². The topological polar surface area (TPSA) is 53.4 Å². The molecule has 13 heavy (non-hydrogen) atoms. The number of halogens is 1. The summed E-state index contributed by atoms with van der Waals surface area (Å²) in [5.74, 6) is 0.161. The highest BCUT2D eigenvalue weighted by atomic mass is 35.5. The van der Waals surface area contributed by atoms with Crippen LogP contribution in [0.2, 0.25) is 5.02 Å². The van der Waals surface area contributed by atoms with Crippen LogP contribution in [0.15, 0.2) is 18.3 Å². The highest BCUT2D eigenvalue weighted by Gasteiger charge is 2.20.